The quantitative estimate of drug-likeness (QED) is 0.819. The topological polar surface area (TPSA) is 84.1 Å². The van der Waals surface area contributed by atoms with Crippen molar-refractivity contribution in [2.75, 3.05) is 6.61 Å². The van der Waals surface area contributed by atoms with Crippen LogP contribution in [0.25, 0.3) is 10.9 Å². The number of H-pyrrole nitrogens is 1. The monoisotopic (exact) mass is 341 g/mol. The molecule has 1 heterocycles. The lowest BCUT2D eigenvalue weighted by molar-refractivity contribution is -0.125. The SMILES string of the molecule is CC(NC(=O)COC(=O)c1n[nH]c2ccccc12)C1CC2CCC1C2. The molecule has 25 heavy (non-hydrogen) atoms. The number of carbonyl (C=O) groups is 2. The normalized spacial score (nSPS) is 25.9. The van der Waals surface area contributed by atoms with Crippen molar-refractivity contribution in [3.63, 3.8) is 0 Å². The van der Waals surface area contributed by atoms with E-state index in [0.29, 0.717) is 11.3 Å². The number of carbonyl (C=O) groups excluding carboxylic acids is 2. The van der Waals surface area contributed by atoms with Crippen LogP contribution in [0.5, 0.6) is 0 Å². The Balaban J connectivity index is 1.30. The minimum atomic E-state index is -0.583. The van der Waals surface area contributed by atoms with Crippen LogP contribution in [0.4, 0.5) is 0 Å². The average Bonchev–Trinajstić information content (AvgIpc) is 3.34. The molecule has 2 N–H and O–H groups in total. The Kier molecular flexibility index (Phi) is 4.19. The molecule has 1 amide bonds. The summed E-state index contributed by atoms with van der Waals surface area (Å²) < 4.78 is 5.15. The number of fused-ring (bicyclic) bond motifs is 3. The summed E-state index contributed by atoms with van der Waals surface area (Å²) in [7, 11) is 0. The number of hydrogen-bond donors (Lipinski definition) is 2. The van der Waals surface area contributed by atoms with Crippen molar-refractivity contribution < 1.29 is 14.3 Å². The number of amides is 1. The number of rotatable bonds is 5. The number of esters is 1. The van der Waals surface area contributed by atoms with Crippen molar-refractivity contribution in [2.24, 2.45) is 17.8 Å². The highest BCUT2D eigenvalue weighted by Gasteiger charge is 2.42. The predicted octanol–water partition coefficient (Wildman–Crippen LogP) is 2.66. The summed E-state index contributed by atoms with van der Waals surface area (Å²) in [5, 5.41) is 10.5. The van der Waals surface area contributed by atoms with Gasteiger partial charge < -0.3 is 10.1 Å². The van der Waals surface area contributed by atoms with Gasteiger partial charge in [-0.1, -0.05) is 24.6 Å². The summed E-state index contributed by atoms with van der Waals surface area (Å²) in [4.78, 5) is 24.3. The summed E-state index contributed by atoms with van der Waals surface area (Å²) in [5.74, 6) is 1.33. The molecule has 4 unspecified atom stereocenters. The Hall–Kier alpha value is -2.37. The van der Waals surface area contributed by atoms with Crippen LogP contribution in [0, 0.1) is 17.8 Å². The Morgan fingerprint density at radius 3 is 2.92 bits per heavy atom. The van der Waals surface area contributed by atoms with Crippen LogP contribution in [-0.2, 0) is 9.53 Å². The number of nitrogens with one attached hydrogen (secondary N) is 2. The summed E-state index contributed by atoms with van der Waals surface area (Å²) in [5.41, 5.74) is 0.980. The number of aromatic nitrogens is 2. The molecule has 2 aliphatic carbocycles. The number of para-hydroxylation sites is 1. The van der Waals surface area contributed by atoms with Crippen LogP contribution in [-0.4, -0.2) is 34.7 Å². The van der Waals surface area contributed by atoms with E-state index >= 15 is 0 Å². The van der Waals surface area contributed by atoms with Gasteiger partial charge in [-0.2, -0.15) is 5.10 Å². The molecule has 2 aliphatic rings. The maximum Gasteiger partial charge on any atom is 0.359 e. The first kappa shape index (κ1) is 16.1. The number of aromatic amines is 1. The first-order valence-corrected chi connectivity index (χ1v) is 9.01. The summed E-state index contributed by atoms with van der Waals surface area (Å²) in [6.45, 7) is 1.79. The Bertz CT molecular complexity index is 800. The fourth-order valence-corrected chi connectivity index (χ4v) is 4.63. The van der Waals surface area contributed by atoms with Crippen molar-refractivity contribution >= 4 is 22.8 Å². The van der Waals surface area contributed by atoms with Crippen molar-refractivity contribution in [3.05, 3.63) is 30.0 Å². The third kappa shape index (κ3) is 3.13. The molecule has 0 radical (unpaired) electrons. The molecular formula is C19H23N3O3. The van der Waals surface area contributed by atoms with Crippen molar-refractivity contribution in [1.82, 2.24) is 15.5 Å². The maximum absolute atomic E-state index is 12.2. The first-order valence-electron chi connectivity index (χ1n) is 9.01. The van der Waals surface area contributed by atoms with Gasteiger partial charge in [0, 0.05) is 11.4 Å². The van der Waals surface area contributed by atoms with E-state index < -0.39 is 5.97 Å². The second-order valence-corrected chi connectivity index (χ2v) is 7.39. The number of nitrogens with zero attached hydrogens (tertiary/aromatic N) is 1. The minimum absolute atomic E-state index is 0.132. The minimum Gasteiger partial charge on any atom is -0.451 e. The zero-order valence-electron chi connectivity index (χ0n) is 14.3. The van der Waals surface area contributed by atoms with Gasteiger partial charge in [0.25, 0.3) is 5.91 Å². The van der Waals surface area contributed by atoms with E-state index in [-0.39, 0.29) is 24.2 Å². The van der Waals surface area contributed by atoms with Gasteiger partial charge in [-0.15, -0.1) is 0 Å². The van der Waals surface area contributed by atoms with E-state index in [9.17, 15) is 9.59 Å². The van der Waals surface area contributed by atoms with E-state index in [1.165, 1.54) is 25.7 Å². The lowest BCUT2D eigenvalue weighted by atomic mass is 9.84. The summed E-state index contributed by atoms with van der Waals surface area (Å²) in [6, 6.07) is 7.46. The third-order valence-corrected chi connectivity index (χ3v) is 5.82. The predicted molar refractivity (Wildman–Crippen MR) is 92.9 cm³/mol. The molecule has 4 atom stereocenters. The van der Waals surface area contributed by atoms with E-state index in [1.807, 2.05) is 18.2 Å². The molecule has 6 heteroatoms. The van der Waals surface area contributed by atoms with Crippen LogP contribution in [0.3, 0.4) is 0 Å². The molecule has 1 aromatic carbocycles. The molecule has 2 bridgehead atoms. The largest absolute Gasteiger partial charge is 0.451 e. The smallest absolute Gasteiger partial charge is 0.359 e. The Morgan fingerprint density at radius 1 is 1.32 bits per heavy atom. The van der Waals surface area contributed by atoms with E-state index in [2.05, 4.69) is 22.4 Å². The van der Waals surface area contributed by atoms with Gasteiger partial charge in [-0.05, 0) is 50.0 Å². The Labute approximate surface area is 146 Å². The first-order chi connectivity index (χ1) is 12.1. The van der Waals surface area contributed by atoms with E-state index in [1.54, 1.807) is 6.07 Å². The lowest BCUT2D eigenvalue weighted by Gasteiger charge is -2.28. The van der Waals surface area contributed by atoms with Crippen molar-refractivity contribution in [2.45, 2.75) is 38.6 Å². The molecule has 2 fully saturated rings. The van der Waals surface area contributed by atoms with Gasteiger partial charge >= 0.3 is 5.97 Å². The van der Waals surface area contributed by atoms with Crippen molar-refractivity contribution in [1.29, 1.82) is 0 Å². The van der Waals surface area contributed by atoms with Crippen LogP contribution >= 0.6 is 0 Å². The average molecular weight is 341 g/mol. The summed E-state index contributed by atoms with van der Waals surface area (Å²) in [6.07, 6.45) is 5.16. The zero-order valence-corrected chi connectivity index (χ0v) is 14.3. The van der Waals surface area contributed by atoms with Gasteiger partial charge in [0.2, 0.25) is 0 Å². The molecule has 0 saturated heterocycles. The van der Waals surface area contributed by atoms with E-state index in [4.69, 9.17) is 4.74 Å². The number of benzene rings is 1. The highest BCUT2D eigenvalue weighted by Crippen LogP contribution is 2.49. The fraction of sp³-hybridized carbons (Fsp3) is 0.526. The van der Waals surface area contributed by atoms with Gasteiger partial charge in [-0.25, -0.2) is 4.79 Å². The molecule has 0 aliphatic heterocycles. The highest BCUT2D eigenvalue weighted by atomic mass is 16.5. The number of ether oxygens (including phenoxy) is 1. The molecular weight excluding hydrogens is 318 g/mol. The maximum atomic E-state index is 12.2. The molecule has 132 valence electrons. The molecule has 2 aromatic rings. The van der Waals surface area contributed by atoms with Gasteiger partial charge in [0.05, 0.1) is 5.52 Å². The molecule has 1 aromatic heterocycles. The second kappa shape index (κ2) is 6.50. The molecule has 4 rings (SSSR count). The second-order valence-electron chi connectivity index (χ2n) is 7.39. The van der Waals surface area contributed by atoms with Crippen molar-refractivity contribution in [3.8, 4) is 0 Å². The molecule has 2 saturated carbocycles. The van der Waals surface area contributed by atoms with Crippen LogP contribution in [0.15, 0.2) is 24.3 Å². The van der Waals surface area contributed by atoms with Gasteiger partial charge in [-0.3, -0.25) is 9.89 Å². The van der Waals surface area contributed by atoms with E-state index in [0.717, 1.165) is 17.4 Å². The van der Waals surface area contributed by atoms with Crippen LogP contribution in [0.2, 0.25) is 0 Å². The standard InChI is InChI=1S/C19H23N3O3/c1-11(15-9-12-6-7-13(15)8-12)20-17(23)10-25-19(24)18-14-4-2-3-5-16(14)21-22-18/h2-5,11-13,15H,6-10H2,1H3,(H,20,23)(H,21,22). The number of hydrogen-bond acceptors (Lipinski definition) is 4. The Morgan fingerprint density at radius 2 is 2.16 bits per heavy atom. The summed E-state index contributed by atoms with van der Waals surface area (Å²) >= 11 is 0. The van der Waals surface area contributed by atoms with Gasteiger partial charge in [0.1, 0.15) is 0 Å². The van der Waals surface area contributed by atoms with Crippen LogP contribution < -0.4 is 5.32 Å². The van der Waals surface area contributed by atoms with Gasteiger partial charge in [0.15, 0.2) is 12.3 Å². The highest BCUT2D eigenvalue weighted by molar-refractivity contribution is 6.02. The molecule has 6 nitrogen and oxygen atoms in total. The van der Waals surface area contributed by atoms with Crippen LogP contribution in [0.1, 0.15) is 43.1 Å². The zero-order chi connectivity index (χ0) is 17.4. The fourth-order valence-electron chi connectivity index (χ4n) is 4.63. The lowest BCUT2D eigenvalue weighted by Crippen LogP contribution is -2.42. The molecule has 0 spiro atoms. The third-order valence-electron chi connectivity index (χ3n) is 5.82.